The van der Waals surface area contributed by atoms with E-state index < -0.39 is 31.1 Å². The van der Waals surface area contributed by atoms with Gasteiger partial charge in [0.05, 0.1) is 12.0 Å². The van der Waals surface area contributed by atoms with Crippen LogP contribution in [0.3, 0.4) is 0 Å². The number of alkyl halides is 3. The first-order valence-corrected chi connectivity index (χ1v) is 6.07. The number of carboxylic acids is 1. The Balaban J connectivity index is 2.46. The number of hydrogen-bond donors (Lipinski definition) is 2. The lowest BCUT2D eigenvalue weighted by molar-refractivity contribution is -0.133. The van der Waals surface area contributed by atoms with E-state index in [-0.39, 0.29) is 12.1 Å². The number of amides is 2. The lowest BCUT2D eigenvalue weighted by Gasteiger charge is -2.18. The van der Waals surface area contributed by atoms with Crippen LogP contribution in [0.5, 0.6) is 0 Å². The molecule has 0 aliphatic heterocycles. The maximum absolute atomic E-state index is 11.9. The topological polar surface area (TPSA) is 69.6 Å². The van der Waals surface area contributed by atoms with Gasteiger partial charge in [0.25, 0.3) is 0 Å². The maximum Gasteiger partial charge on any atom is 0.390 e. The minimum absolute atomic E-state index is 0.121. The van der Waals surface area contributed by atoms with Crippen molar-refractivity contribution in [1.29, 1.82) is 0 Å². The van der Waals surface area contributed by atoms with Crippen LogP contribution < -0.4 is 5.32 Å². The number of carbonyl (C=O) groups is 2. The molecule has 2 amide bonds. The Morgan fingerprint density at radius 2 is 1.81 bits per heavy atom. The van der Waals surface area contributed by atoms with E-state index >= 15 is 0 Å². The molecule has 8 heteroatoms. The number of rotatable bonds is 5. The Kier molecular flexibility index (Phi) is 5.57. The zero-order valence-corrected chi connectivity index (χ0v) is 11.3. The van der Waals surface area contributed by atoms with E-state index in [1.54, 1.807) is 12.1 Å². The van der Waals surface area contributed by atoms with Gasteiger partial charge in [0, 0.05) is 20.1 Å². The summed E-state index contributed by atoms with van der Waals surface area (Å²) in [5, 5.41) is 10.9. The molecule has 0 heterocycles. The highest BCUT2D eigenvalue weighted by atomic mass is 19.4. The standard InChI is InChI=1S/C13H15F3N2O3/c1-18(12(21)17-7-6-13(14,15)16)8-9-2-4-10(5-3-9)11(19)20/h2-5H,6-8H2,1H3,(H,17,21)(H,19,20). The molecule has 0 aromatic heterocycles. The average Bonchev–Trinajstić information content (AvgIpc) is 2.37. The van der Waals surface area contributed by atoms with E-state index in [1.807, 2.05) is 0 Å². The molecule has 0 atom stereocenters. The fourth-order valence-corrected chi connectivity index (χ4v) is 1.54. The van der Waals surface area contributed by atoms with Gasteiger partial charge in [-0.3, -0.25) is 0 Å². The van der Waals surface area contributed by atoms with Crippen molar-refractivity contribution in [2.75, 3.05) is 13.6 Å². The molecule has 0 unspecified atom stereocenters. The molecule has 1 aromatic rings. The van der Waals surface area contributed by atoms with Gasteiger partial charge in [-0.15, -0.1) is 0 Å². The molecule has 0 fully saturated rings. The number of carboxylic acid groups (broad SMARTS) is 1. The smallest absolute Gasteiger partial charge is 0.390 e. The molecule has 5 nitrogen and oxygen atoms in total. The van der Waals surface area contributed by atoms with Crippen LogP contribution in [0.2, 0.25) is 0 Å². The van der Waals surface area contributed by atoms with Gasteiger partial charge in [-0.25, -0.2) is 9.59 Å². The van der Waals surface area contributed by atoms with Crippen molar-refractivity contribution in [2.24, 2.45) is 0 Å². The van der Waals surface area contributed by atoms with E-state index in [0.717, 1.165) is 0 Å². The Hall–Kier alpha value is -2.25. The molecule has 0 bridgehead atoms. The fourth-order valence-electron chi connectivity index (χ4n) is 1.54. The second-order valence-electron chi connectivity index (χ2n) is 4.46. The summed E-state index contributed by atoms with van der Waals surface area (Å²) in [5.74, 6) is -1.06. The molecule has 0 spiro atoms. The van der Waals surface area contributed by atoms with Crippen LogP contribution >= 0.6 is 0 Å². The molecule has 2 N–H and O–H groups in total. The highest BCUT2D eigenvalue weighted by Crippen LogP contribution is 2.18. The third-order valence-electron chi connectivity index (χ3n) is 2.65. The summed E-state index contributed by atoms with van der Waals surface area (Å²) in [6, 6.07) is 5.26. The third kappa shape index (κ3) is 6.15. The van der Waals surface area contributed by atoms with Crippen LogP contribution in [0.25, 0.3) is 0 Å². The van der Waals surface area contributed by atoms with E-state index in [9.17, 15) is 22.8 Å². The Bertz CT molecular complexity index is 500. The van der Waals surface area contributed by atoms with Crippen LogP contribution in [-0.2, 0) is 6.54 Å². The van der Waals surface area contributed by atoms with Gasteiger partial charge in [0.15, 0.2) is 0 Å². The van der Waals surface area contributed by atoms with E-state index in [0.29, 0.717) is 5.56 Å². The van der Waals surface area contributed by atoms with E-state index in [2.05, 4.69) is 5.32 Å². The summed E-state index contributed by atoms with van der Waals surface area (Å²) < 4.78 is 35.8. The first-order chi connectivity index (χ1) is 9.69. The van der Waals surface area contributed by atoms with Gasteiger partial charge in [-0.1, -0.05) is 12.1 Å². The number of nitrogens with one attached hydrogen (secondary N) is 1. The van der Waals surface area contributed by atoms with Crippen molar-refractivity contribution < 1.29 is 27.9 Å². The number of hydrogen-bond acceptors (Lipinski definition) is 2. The molecule has 0 aliphatic rings. The van der Waals surface area contributed by atoms with Crippen molar-refractivity contribution in [3.05, 3.63) is 35.4 Å². The van der Waals surface area contributed by atoms with Crippen LogP contribution in [-0.4, -0.2) is 41.8 Å². The first-order valence-electron chi connectivity index (χ1n) is 6.07. The predicted octanol–water partition coefficient (Wildman–Crippen LogP) is 2.48. The van der Waals surface area contributed by atoms with Crippen molar-refractivity contribution in [3.8, 4) is 0 Å². The largest absolute Gasteiger partial charge is 0.478 e. The zero-order chi connectivity index (χ0) is 16.0. The molecule has 0 radical (unpaired) electrons. The maximum atomic E-state index is 11.9. The highest BCUT2D eigenvalue weighted by Gasteiger charge is 2.26. The summed E-state index contributed by atoms with van der Waals surface area (Å²) in [4.78, 5) is 23.5. The number of benzene rings is 1. The predicted molar refractivity (Wildman–Crippen MR) is 68.9 cm³/mol. The zero-order valence-electron chi connectivity index (χ0n) is 11.3. The van der Waals surface area contributed by atoms with Crippen LogP contribution in [0.15, 0.2) is 24.3 Å². The van der Waals surface area contributed by atoms with Crippen LogP contribution in [0.1, 0.15) is 22.3 Å². The number of aromatic carboxylic acids is 1. The van der Waals surface area contributed by atoms with E-state index in [4.69, 9.17) is 5.11 Å². The minimum atomic E-state index is -4.31. The Morgan fingerprint density at radius 3 is 2.29 bits per heavy atom. The summed E-state index contributed by atoms with van der Waals surface area (Å²) >= 11 is 0. The monoisotopic (exact) mass is 304 g/mol. The fraction of sp³-hybridized carbons (Fsp3) is 0.385. The van der Waals surface area contributed by atoms with E-state index in [1.165, 1.54) is 24.1 Å². The molecule has 21 heavy (non-hydrogen) atoms. The lowest BCUT2D eigenvalue weighted by atomic mass is 10.1. The van der Waals surface area contributed by atoms with Gasteiger partial charge >= 0.3 is 18.2 Å². The summed E-state index contributed by atoms with van der Waals surface area (Å²) in [5.41, 5.74) is 0.796. The second-order valence-corrected chi connectivity index (χ2v) is 4.46. The normalized spacial score (nSPS) is 11.0. The lowest BCUT2D eigenvalue weighted by Crippen LogP contribution is -2.38. The number of carbonyl (C=O) groups excluding carboxylic acids is 1. The second kappa shape index (κ2) is 6.96. The van der Waals surface area contributed by atoms with Crippen molar-refractivity contribution in [2.45, 2.75) is 19.1 Å². The van der Waals surface area contributed by atoms with Crippen LogP contribution in [0.4, 0.5) is 18.0 Å². The molecular formula is C13H15F3N2O3. The average molecular weight is 304 g/mol. The third-order valence-corrected chi connectivity index (χ3v) is 2.65. The van der Waals surface area contributed by atoms with Gasteiger partial charge in [-0.2, -0.15) is 13.2 Å². The minimum Gasteiger partial charge on any atom is -0.478 e. The number of halogens is 3. The highest BCUT2D eigenvalue weighted by molar-refractivity contribution is 5.87. The summed E-state index contributed by atoms with van der Waals surface area (Å²) in [6.45, 7) is -0.317. The van der Waals surface area contributed by atoms with Crippen LogP contribution in [0, 0.1) is 0 Å². The summed E-state index contributed by atoms with van der Waals surface area (Å²) in [7, 11) is 1.44. The Morgan fingerprint density at radius 1 is 1.24 bits per heavy atom. The first kappa shape index (κ1) is 16.8. The van der Waals surface area contributed by atoms with Crippen molar-refractivity contribution in [3.63, 3.8) is 0 Å². The molecule has 1 rings (SSSR count). The molecule has 0 saturated carbocycles. The SMILES string of the molecule is CN(Cc1ccc(C(=O)O)cc1)C(=O)NCCC(F)(F)F. The molecular weight excluding hydrogens is 289 g/mol. The Labute approximate surface area is 119 Å². The molecule has 0 aliphatic carbocycles. The number of nitrogens with zero attached hydrogens (tertiary/aromatic N) is 1. The van der Waals surface area contributed by atoms with Gasteiger partial charge in [0.1, 0.15) is 0 Å². The quantitative estimate of drug-likeness (QED) is 0.878. The van der Waals surface area contributed by atoms with Gasteiger partial charge in [0.2, 0.25) is 0 Å². The molecule has 0 saturated heterocycles. The van der Waals surface area contributed by atoms with Gasteiger partial charge in [-0.05, 0) is 17.7 Å². The summed E-state index contributed by atoms with van der Waals surface area (Å²) in [6.07, 6.45) is -5.39. The molecule has 116 valence electrons. The van der Waals surface area contributed by atoms with Crippen molar-refractivity contribution >= 4 is 12.0 Å². The molecule has 1 aromatic carbocycles. The number of urea groups is 1. The van der Waals surface area contributed by atoms with Crippen molar-refractivity contribution in [1.82, 2.24) is 10.2 Å². The van der Waals surface area contributed by atoms with Gasteiger partial charge < -0.3 is 15.3 Å².